The van der Waals surface area contributed by atoms with Gasteiger partial charge in [-0.15, -0.1) is 0 Å². The van der Waals surface area contributed by atoms with E-state index in [4.69, 9.17) is 0 Å². The van der Waals surface area contributed by atoms with Crippen LogP contribution in [-0.4, -0.2) is 71.9 Å². The largest absolute Gasteiger partial charge is 0.748 e. The molecule has 2 aliphatic rings. The van der Waals surface area contributed by atoms with Gasteiger partial charge in [0.15, 0.2) is 5.71 Å². The summed E-state index contributed by atoms with van der Waals surface area (Å²) in [6.45, 7) is 9.43. The van der Waals surface area contributed by atoms with Crippen molar-refractivity contribution in [1.29, 1.82) is 0 Å². The molecule has 0 aliphatic carbocycles. The van der Waals surface area contributed by atoms with Crippen molar-refractivity contribution in [3.8, 4) is 0 Å². The van der Waals surface area contributed by atoms with Gasteiger partial charge in [-0.3, -0.25) is 4.79 Å². The molecule has 0 spiro atoms. The summed E-state index contributed by atoms with van der Waals surface area (Å²) in [7, 11) is -8.60. The molecule has 0 aromatic heterocycles. The Kier molecular flexibility index (Phi) is 10.1. The summed E-state index contributed by atoms with van der Waals surface area (Å²) in [6.07, 6.45) is 7.45. The van der Waals surface area contributed by atoms with Crippen molar-refractivity contribution in [3.63, 3.8) is 0 Å². The summed E-state index contributed by atoms with van der Waals surface area (Å²) in [4.78, 5) is 13.5. The molecule has 2 aliphatic heterocycles. The summed E-state index contributed by atoms with van der Waals surface area (Å²) >= 11 is 0. The Balaban J connectivity index is 1.70. The van der Waals surface area contributed by atoms with E-state index >= 15 is 0 Å². The number of carboxylic acid groups (broad SMARTS) is 1. The molecule has 0 saturated carbocycles. The first kappa shape index (κ1) is 34.6. The Labute approximate surface area is 266 Å². The quantitative estimate of drug-likeness (QED) is 0.174. The van der Waals surface area contributed by atoms with Crippen molar-refractivity contribution in [2.24, 2.45) is 0 Å². The molecule has 0 bridgehead atoms. The summed E-state index contributed by atoms with van der Waals surface area (Å²) in [5, 5.41) is 9.36. The maximum absolute atomic E-state index is 11.4. The molecule has 12 heteroatoms. The van der Waals surface area contributed by atoms with Crippen LogP contribution in [-0.2, 0) is 42.3 Å². The number of carbonyl (C=O) groups is 1. The molecule has 0 unspecified atom stereocenters. The number of para-hydroxylation sites is 1. The lowest BCUT2D eigenvalue weighted by Gasteiger charge is -2.27. The zero-order valence-corrected chi connectivity index (χ0v) is 27.8. The zero-order chi connectivity index (χ0) is 33.2. The van der Waals surface area contributed by atoms with E-state index in [0.29, 0.717) is 31.5 Å². The normalized spacial score (nSPS) is 18.2. The van der Waals surface area contributed by atoms with Gasteiger partial charge in [0.1, 0.15) is 6.54 Å². The monoisotopic (exact) mass is 657 g/mol. The Morgan fingerprint density at radius 1 is 0.889 bits per heavy atom. The molecule has 0 atom stereocenters. The van der Waals surface area contributed by atoms with Gasteiger partial charge in [-0.05, 0) is 56.4 Å². The standard InChI is InChI=1S/C33H42N2O8S2/c1-32(2)25-12-5-6-13-27(25)34(18-7-9-20-44(38,39)40)29(32)14-11-15-30-33(3,4)26-22-24(23-31(36)37)16-17-28(26)35(30)19-8-10-21-45(41,42)43/h5-6,11-17,22H,7-10,18-21,23H2,1-4H3,(H2-,36,37,38,39,40,41,42,43)/p-1. The average molecular weight is 658 g/mol. The number of unbranched alkanes of at least 4 members (excludes halogenated alkanes) is 2. The molecule has 244 valence electrons. The van der Waals surface area contributed by atoms with Gasteiger partial charge in [-0.2, -0.15) is 4.58 Å². The van der Waals surface area contributed by atoms with Crippen molar-refractivity contribution in [3.05, 3.63) is 83.1 Å². The third kappa shape index (κ3) is 8.10. The molecule has 0 saturated heterocycles. The van der Waals surface area contributed by atoms with Gasteiger partial charge in [0.25, 0.3) is 0 Å². The maximum atomic E-state index is 11.4. The molecule has 2 aromatic rings. The highest BCUT2D eigenvalue weighted by atomic mass is 32.2. The van der Waals surface area contributed by atoms with Crippen LogP contribution >= 0.6 is 0 Å². The number of fused-ring (bicyclic) bond motifs is 2. The van der Waals surface area contributed by atoms with Crippen LogP contribution in [0, 0.1) is 0 Å². The molecule has 4 rings (SSSR count). The number of hydrogen-bond acceptors (Lipinski definition) is 8. The number of allylic oxidation sites excluding steroid dienone is 4. The van der Waals surface area contributed by atoms with Crippen molar-refractivity contribution >= 4 is 43.3 Å². The van der Waals surface area contributed by atoms with Crippen LogP contribution in [0.3, 0.4) is 0 Å². The first-order valence-corrected chi connectivity index (χ1v) is 18.2. The third-order valence-electron chi connectivity index (χ3n) is 8.67. The Morgan fingerprint density at radius 2 is 1.53 bits per heavy atom. The molecular weight excluding hydrogens is 617 g/mol. The summed E-state index contributed by atoms with van der Waals surface area (Å²) < 4.78 is 69.2. The van der Waals surface area contributed by atoms with Crippen LogP contribution in [0.2, 0.25) is 0 Å². The number of hydrogen-bond donors (Lipinski definition) is 1. The van der Waals surface area contributed by atoms with E-state index in [0.717, 1.165) is 33.9 Å². The number of anilines is 1. The number of aliphatic carboxylic acids is 1. The van der Waals surface area contributed by atoms with Crippen molar-refractivity contribution in [2.75, 3.05) is 29.5 Å². The Bertz CT molecular complexity index is 1770. The van der Waals surface area contributed by atoms with E-state index in [9.17, 15) is 35.8 Å². The molecule has 2 heterocycles. The number of rotatable bonds is 14. The third-order valence-corrected chi connectivity index (χ3v) is 10.2. The summed E-state index contributed by atoms with van der Waals surface area (Å²) in [5.74, 6) is -1.75. The SMILES string of the molecule is CC1(C)C(=CC=CC2=[N+](CCCCS(=O)(=O)[O-])c3ccccc3C2(C)C)N(CCCCS(=O)(=O)[O-])c2ccc(CC(=O)O)cc21. The van der Waals surface area contributed by atoms with Gasteiger partial charge in [0, 0.05) is 59.0 Å². The van der Waals surface area contributed by atoms with Crippen LogP contribution < -0.4 is 4.90 Å². The topological polar surface area (TPSA) is 158 Å². The van der Waals surface area contributed by atoms with Gasteiger partial charge in [-0.25, -0.2) is 16.8 Å². The van der Waals surface area contributed by atoms with E-state index in [2.05, 4.69) is 49.3 Å². The molecule has 1 N–H and O–H groups in total. The zero-order valence-electron chi connectivity index (χ0n) is 26.2. The highest BCUT2D eigenvalue weighted by molar-refractivity contribution is 7.85. The van der Waals surface area contributed by atoms with Crippen LogP contribution in [0.5, 0.6) is 0 Å². The molecule has 45 heavy (non-hydrogen) atoms. The van der Waals surface area contributed by atoms with Gasteiger partial charge in [-0.1, -0.05) is 50.3 Å². The van der Waals surface area contributed by atoms with Gasteiger partial charge in [0.05, 0.1) is 32.1 Å². The maximum Gasteiger partial charge on any atom is 0.307 e. The number of nitrogens with zero attached hydrogens (tertiary/aromatic N) is 2. The molecule has 0 amide bonds. The fourth-order valence-electron chi connectivity index (χ4n) is 6.46. The number of carboxylic acids is 1. The second-order valence-electron chi connectivity index (χ2n) is 12.7. The minimum absolute atomic E-state index is 0.103. The van der Waals surface area contributed by atoms with Crippen LogP contribution in [0.1, 0.15) is 70.1 Å². The highest BCUT2D eigenvalue weighted by Gasteiger charge is 2.44. The molecule has 0 fully saturated rings. The second-order valence-corrected chi connectivity index (χ2v) is 15.8. The lowest BCUT2D eigenvalue weighted by atomic mass is 9.81. The average Bonchev–Trinajstić information content (AvgIpc) is 3.26. The van der Waals surface area contributed by atoms with E-state index in [1.807, 2.05) is 42.5 Å². The van der Waals surface area contributed by atoms with Gasteiger partial charge >= 0.3 is 5.97 Å². The van der Waals surface area contributed by atoms with E-state index < -0.39 is 43.1 Å². The molecule has 0 radical (unpaired) electrons. The smallest absolute Gasteiger partial charge is 0.307 e. The first-order valence-electron chi connectivity index (χ1n) is 15.0. The fraction of sp³-hybridized carbons (Fsp3) is 0.455. The van der Waals surface area contributed by atoms with Gasteiger partial charge in [0.2, 0.25) is 5.69 Å². The highest BCUT2D eigenvalue weighted by Crippen LogP contribution is 2.48. The Hall–Kier alpha value is -3.32. The first-order chi connectivity index (χ1) is 20.9. The number of benzene rings is 2. The van der Waals surface area contributed by atoms with Crippen molar-refractivity contribution in [2.45, 2.75) is 70.6 Å². The van der Waals surface area contributed by atoms with E-state index in [1.165, 1.54) is 0 Å². The van der Waals surface area contributed by atoms with Crippen LogP contribution in [0.15, 0.2) is 66.4 Å². The van der Waals surface area contributed by atoms with Crippen molar-refractivity contribution in [1.82, 2.24) is 0 Å². The van der Waals surface area contributed by atoms with Gasteiger partial charge < -0.3 is 19.1 Å². The van der Waals surface area contributed by atoms with Crippen molar-refractivity contribution < 1.29 is 40.4 Å². The second kappa shape index (κ2) is 13.2. The summed E-state index contributed by atoms with van der Waals surface area (Å²) in [5.41, 5.74) is 5.87. The molecular formula is C33H41N2O8S2-. The predicted molar refractivity (Wildman–Crippen MR) is 172 cm³/mol. The van der Waals surface area contributed by atoms with E-state index in [1.54, 1.807) is 6.07 Å². The molecule has 10 nitrogen and oxygen atoms in total. The fourth-order valence-corrected chi connectivity index (χ4v) is 7.57. The minimum atomic E-state index is -4.32. The lowest BCUT2D eigenvalue weighted by Crippen LogP contribution is -2.28. The summed E-state index contributed by atoms with van der Waals surface area (Å²) in [6, 6.07) is 13.7. The minimum Gasteiger partial charge on any atom is -0.748 e. The van der Waals surface area contributed by atoms with Crippen LogP contribution in [0.4, 0.5) is 11.4 Å². The molecule has 2 aromatic carbocycles. The van der Waals surface area contributed by atoms with E-state index in [-0.39, 0.29) is 24.7 Å². The van der Waals surface area contributed by atoms with Crippen LogP contribution in [0.25, 0.3) is 0 Å². The Morgan fingerprint density at radius 3 is 2.18 bits per heavy atom. The predicted octanol–water partition coefficient (Wildman–Crippen LogP) is 4.58. The lowest BCUT2D eigenvalue weighted by molar-refractivity contribution is -0.438.